The van der Waals surface area contributed by atoms with Gasteiger partial charge in [-0.1, -0.05) is 20.7 Å². The van der Waals surface area contributed by atoms with Crippen LogP contribution in [0, 0.1) is 22.7 Å². The fourth-order valence-corrected chi connectivity index (χ4v) is 1.63. The van der Waals surface area contributed by atoms with E-state index in [2.05, 4.69) is 22.1 Å². The molecule has 2 aromatic rings. The van der Waals surface area contributed by atoms with Crippen molar-refractivity contribution in [1.29, 1.82) is 10.5 Å². The van der Waals surface area contributed by atoms with E-state index < -0.39 is 0 Å². The quantitative estimate of drug-likeness (QED) is 0.774. The molecule has 2 aromatic heterocycles. The number of H-pyrrole nitrogens is 2. The Morgan fingerprint density at radius 2 is 1.28 bits per heavy atom. The molecule has 0 radical (unpaired) electrons. The molecule has 0 aromatic carbocycles. The van der Waals surface area contributed by atoms with Gasteiger partial charge in [0.05, 0.1) is 0 Å². The maximum atomic E-state index is 8.71. The molecule has 0 fully saturated rings. The maximum Gasteiger partial charge on any atom is 0.247 e. The van der Waals surface area contributed by atoms with Gasteiger partial charge in [0.1, 0.15) is 23.5 Å². The molecule has 0 aliphatic heterocycles. The molecule has 0 atom stereocenters. The smallest absolute Gasteiger partial charge is 0.247 e. The molecule has 0 bridgehead atoms. The maximum absolute atomic E-state index is 8.71. The summed E-state index contributed by atoms with van der Waals surface area (Å²) < 4.78 is 0. The Hall–Kier alpha value is -2.40. The highest BCUT2D eigenvalue weighted by molar-refractivity contribution is 6.82. The Morgan fingerprint density at radius 3 is 1.56 bits per heavy atom. The lowest BCUT2D eigenvalue weighted by Gasteiger charge is -2.02. The Labute approximate surface area is 107 Å². The number of hydrogen-bond acceptors (Lipinski definition) is 2. The molecule has 0 aliphatic rings. The Morgan fingerprint density at radius 1 is 0.889 bits per heavy atom. The molecule has 0 aliphatic carbocycles. The fourth-order valence-electron chi connectivity index (χ4n) is 1.63. The molecule has 2 N–H and O–H groups in total. The standard InChI is InChI=1S/C11H9BN4.C2H6/c1-12(10-4-2-8(6-13)15-10)11-5-3-9(7-14)16-11;1-2/h2-5,15-16H,1H3;1-2H3. The lowest BCUT2D eigenvalue weighted by molar-refractivity contribution is 1.35. The van der Waals surface area contributed by atoms with Crippen LogP contribution in [-0.2, 0) is 0 Å². The minimum absolute atomic E-state index is 0.115. The van der Waals surface area contributed by atoms with E-state index in [0.717, 1.165) is 11.2 Å². The zero-order chi connectivity index (χ0) is 13.5. The van der Waals surface area contributed by atoms with Crippen LogP contribution in [-0.4, -0.2) is 16.7 Å². The van der Waals surface area contributed by atoms with E-state index in [0.29, 0.717) is 11.4 Å². The first-order chi connectivity index (χ1) is 8.74. The number of aromatic amines is 2. The highest BCUT2D eigenvalue weighted by atomic mass is 14.7. The van der Waals surface area contributed by atoms with Gasteiger partial charge in [-0.2, -0.15) is 10.5 Å². The minimum Gasteiger partial charge on any atom is -0.358 e. The fraction of sp³-hybridized carbons (Fsp3) is 0.231. The number of nitrogens with one attached hydrogen (secondary N) is 2. The van der Waals surface area contributed by atoms with E-state index >= 15 is 0 Å². The summed E-state index contributed by atoms with van der Waals surface area (Å²) in [4.78, 5) is 6.05. The molecule has 4 nitrogen and oxygen atoms in total. The summed E-state index contributed by atoms with van der Waals surface area (Å²) in [6.45, 7) is 6.13. The van der Waals surface area contributed by atoms with E-state index in [1.165, 1.54) is 0 Å². The van der Waals surface area contributed by atoms with Crippen LogP contribution in [0.25, 0.3) is 0 Å². The van der Waals surface area contributed by atoms with Gasteiger partial charge in [0.15, 0.2) is 0 Å². The first-order valence-corrected chi connectivity index (χ1v) is 5.92. The monoisotopic (exact) mass is 238 g/mol. The van der Waals surface area contributed by atoms with E-state index in [1.807, 2.05) is 32.8 Å². The predicted octanol–water partition coefficient (Wildman–Crippen LogP) is 1.35. The van der Waals surface area contributed by atoms with Crippen LogP contribution in [0.4, 0.5) is 0 Å². The Balaban J connectivity index is 0.000000771. The third kappa shape index (κ3) is 2.84. The molecule has 0 saturated carbocycles. The second-order valence-corrected chi connectivity index (χ2v) is 3.60. The average Bonchev–Trinajstić information content (AvgIpc) is 3.09. The first-order valence-electron chi connectivity index (χ1n) is 5.92. The zero-order valence-electron chi connectivity index (χ0n) is 10.8. The summed E-state index contributed by atoms with van der Waals surface area (Å²) in [5.41, 5.74) is 3.02. The van der Waals surface area contributed by atoms with Crippen molar-refractivity contribution in [3.63, 3.8) is 0 Å². The summed E-state index contributed by atoms with van der Waals surface area (Å²) in [7, 11) is 0. The van der Waals surface area contributed by atoms with Gasteiger partial charge in [-0.25, -0.2) is 0 Å². The largest absolute Gasteiger partial charge is 0.358 e. The zero-order valence-corrected chi connectivity index (χ0v) is 10.8. The lowest BCUT2D eigenvalue weighted by Crippen LogP contribution is -2.40. The predicted molar refractivity (Wildman–Crippen MR) is 73.2 cm³/mol. The topological polar surface area (TPSA) is 79.2 Å². The summed E-state index contributed by atoms with van der Waals surface area (Å²) >= 11 is 0. The normalized spacial score (nSPS) is 8.72. The SMILES string of the molecule is CB(c1ccc(C#N)[nH]1)c1ccc(C#N)[nH]1.CC. The van der Waals surface area contributed by atoms with Crippen molar-refractivity contribution in [3.8, 4) is 12.1 Å². The van der Waals surface area contributed by atoms with Crippen molar-refractivity contribution in [1.82, 2.24) is 9.97 Å². The van der Waals surface area contributed by atoms with Gasteiger partial charge in [0.25, 0.3) is 0 Å². The van der Waals surface area contributed by atoms with Gasteiger partial charge in [-0.15, -0.1) is 0 Å². The second-order valence-electron chi connectivity index (χ2n) is 3.60. The highest BCUT2D eigenvalue weighted by Crippen LogP contribution is 1.95. The van der Waals surface area contributed by atoms with Gasteiger partial charge in [-0.3, -0.25) is 0 Å². The average molecular weight is 238 g/mol. The molecule has 2 heterocycles. The van der Waals surface area contributed by atoms with Crippen molar-refractivity contribution >= 4 is 17.9 Å². The second kappa shape index (κ2) is 6.37. The number of rotatable bonds is 2. The minimum atomic E-state index is 0.115. The molecule has 0 amide bonds. The molecule has 5 heteroatoms. The molecule has 0 unspecified atom stereocenters. The van der Waals surface area contributed by atoms with E-state index in [9.17, 15) is 0 Å². The van der Waals surface area contributed by atoms with Crippen molar-refractivity contribution in [2.24, 2.45) is 0 Å². The molecule has 18 heavy (non-hydrogen) atoms. The van der Waals surface area contributed by atoms with Crippen LogP contribution in [0.1, 0.15) is 25.2 Å². The molecule has 0 spiro atoms. The number of aromatic nitrogens is 2. The molecule has 90 valence electrons. The molecule has 0 saturated heterocycles. The van der Waals surface area contributed by atoms with Gasteiger partial charge >= 0.3 is 0 Å². The first kappa shape index (κ1) is 13.7. The number of hydrogen-bond donors (Lipinski definition) is 2. The van der Waals surface area contributed by atoms with Gasteiger partial charge in [0.2, 0.25) is 6.71 Å². The molecular formula is C13H15BN4. The van der Waals surface area contributed by atoms with Crippen LogP contribution < -0.4 is 11.2 Å². The van der Waals surface area contributed by atoms with E-state index in [-0.39, 0.29) is 6.71 Å². The summed E-state index contributed by atoms with van der Waals surface area (Å²) in [6, 6.07) is 11.4. The third-order valence-electron chi connectivity index (χ3n) is 2.59. The van der Waals surface area contributed by atoms with E-state index in [4.69, 9.17) is 10.5 Å². The molecular weight excluding hydrogens is 223 g/mol. The highest BCUT2D eigenvalue weighted by Gasteiger charge is 2.16. The van der Waals surface area contributed by atoms with Crippen LogP contribution in [0.5, 0.6) is 0 Å². The van der Waals surface area contributed by atoms with Gasteiger partial charge in [0, 0.05) is 0 Å². The number of nitriles is 2. The summed E-state index contributed by atoms with van der Waals surface area (Å²) in [5.74, 6) is 0. The van der Waals surface area contributed by atoms with Crippen molar-refractivity contribution in [3.05, 3.63) is 35.7 Å². The van der Waals surface area contributed by atoms with Crippen molar-refractivity contribution in [2.45, 2.75) is 20.7 Å². The van der Waals surface area contributed by atoms with Crippen molar-refractivity contribution < 1.29 is 0 Å². The third-order valence-corrected chi connectivity index (χ3v) is 2.59. The van der Waals surface area contributed by atoms with Gasteiger partial charge in [-0.05, 0) is 35.5 Å². The van der Waals surface area contributed by atoms with E-state index in [1.54, 1.807) is 12.1 Å². The Bertz CT molecular complexity index is 530. The van der Waals surface area contributed by atoms with Crippen LogP contribution in [0.2, 0.25) is 6.82 Å². The molecule has 2 rings (SSSR count). The summed E-state index contributed by atoms with van der Waals surface area (Å²) in [5, 5.41) is 17.4. The lowest BCUT2D eigenvalue weighted by atomic mass is 9.47. The van der Waals surface area contributed by atoms with Crippen LogP contribution >= 0.6 is 0 Å². The number of nitrogens with zero attached hydrogens (tertiary/aromatic N) is 2. The van der Waals surface area contributed by atoms with Crippen molar-refractivity contribution in [2.75, 3.05) is 0 Å². The summed E-state index contributed by atoms with van der Waals surface area (Å²) in [6.07, 6.45) is 0. The Kier molecular flexibility index (Phi) is 4.84. The van der Waals surface area contributed by atoms with Crippen LogP contribution in [0.3, 0.4) is 0 Å². The van der Waals surface area contributed by atoms with Gasteiger partial charge < -0.3 is 9.97 Å². The van der Waals surface area contributed by atoms with Crippen LogP contribution in [0.15, 0.2) is 24.3 Å².